The predicted molar refractivity (Wildman–Crippen MR) is 145 cm³/mol. The highest BCUT2D eigenvalue weighted by atomic mass is 32.1. The van der Waals surface area contributed by atoms with Crippen LogP contribution in [0.15, 0.2) is 90.3 Å². The Morgan fingerprint density at radius 2 is 1.79 bits per heavy atom. The Hall–Kier alpha value is -2.95. The van der Waals surface area contributed by atoms with E-state index in [-0.39, 0.29) is 19.3 Å². The molecule has 1 aliphatic carbocycles. The van der Waals surface area contributed by atoms with Gasteiger partial charge in [0.2, 0.25) is 0 Å². The zero-order valence-electron chi connectivity index (χ0n) is 19.7. The van der Waals surface area contributed by atoms with E-state index >= 15 is 0 Å². The molecule has 1 aliphatic heterocycles. The van der Waals surface area contributed by atoms with Gasteiger partial charge in [0.1, 0.15) is 0 Å². The van der Waals surface area contributed by atoms with Crippen molar-refractivity contribution in [3.05, 3.63) is 106 Å². The molecule has 3 nitrogen and oxygen atoms in total. The van der Waals surface area contributed by atoms with Crippen molar-refractivity contribution < 1.29 is 6.22 Å². The van der Waals surface area contributed by atoms with Crippen molar-refractivity contribution in [2.45, 2.75) is 31.7 Å². The largest absolute Gasteiger partial charge is 0.332 e. The van der Waals surface area contributed by atoms with Crippen molar-refractivity contribution in [3.63, 3.8) is 0 Å². The van der Waals surface area contributed by atoms with Crippen molar-refractivity contribution in [2.24, 2.45) is 5.92 Å². The molecule has 2 aliphatic rings. The van der Waals surface area contributed by atoms with Gasteiger partial charge in [0.25, 0.3) is 5.91 Å². The average molecular weight is 471 g/mol. The normalized spacial score (nSPS) is 22.5. The third-order valence-electron chi connectivity index (χ3n) is 6.99. The summed E-state index contributed by atoms with van der Waals surface area (Å²) >= 11 is 1.61. The number of carbonyl (C=O) groups excluding carboxylic acids is 1. The van der Waals surface area contributed by atoms with Crippen molar-refractivity contribution in [2.75, 3.05) is 19.6 Å². The van der Waals surface area contributed by atoms with Crippen LogP contribution in [0, 0.1) is 5.92 Å². The molecule has 1 saturated heterocycles. The molecule has 176 valence electrons. The fourth-order valence-electron chi connectivity index (χ4n) is 5.18. The van der Waals surface area contributed by atoms with Crippen LogP contribution in [-0.4, -0.2) is 36.5 Å². The fraction of sp³-hybridized carbons (Fsp3) is 0.300. The number of piperazine rings is 1. The highest BCUT2D eigenvalue weighted by Gasteiger charge is 2.33. The summed E-state index contributed by atoms with van der Waals surface area (Å²) in [6.07, 6.45) is 10.9. The number of amides is 1. The van der Waals surface area contributed by atoms with E-state index in [1.807, 2.05) is 12.1 Å². The molecule has 1 amide bonds. The van der Waals surface area contributed by atoms with Gasteiger partial charge in [0.05, 0.1) is 4.88 Å². The van der Waals surface area contributed by atoms with E-state index < -0.39 is 0 Å². The monoisotopic (exact) mass is 470 g/mol. The van der Waals surface area contributed by atoms with Crippen LogP contribution in [0.1, 0.15) is 41.5 Å². The number of hydrogen-bond acceptors (Lipinski definition) is 3. The van der Waals surface area contributed by atoms with Crippen LogP contribution in [0.25, 0.3) is 11.1 Å². The second kappa shape index (κ2) is 10.5. The number of allylic oxidation sites excluding steroid dienone is 4. The Morgan fingerprint density at radius 3 is 2.59 bits per heavy atom. The van der Waals surface area contributed by atoms with Gasteiger partial charge in [0, 0.05) is 33.0 Å². The predicted octanol–water partition coefficient (Wildman–Crippen LogP) is 6.55. The second-order valence-electron chi connectivity index (χ2n) is 9.28. The zero-order chi connectivity index (χ0) is 23.3. The molecule has 1 fully saturated rings. The summed E-state index contributed by atoms with van der Waals surface area (Å²) in [5.41, 5.74) is 4.84. The van der Waals surface area contributed by atoms with Crippen molar-refractivity contribution in [1.82, 2.24) is 10.2 Å². The molecule has 3 aromatic rings. The van der Waals surface area contributed by atoms with E-state index in [0.717, 1.165) is 37.4 Å². The van der Waals surface area contributed by atoms with Gasteiger partial charge in [-0.15, -0.1) is 11.3 Å². The molecule has 0 spiro atoms. The van der Waals surface area contributed by atoms with E-state index in [1.165, 1.54) is 22.3 Å². The third-order valence-corrected chi connectivity index (χ3v) is 7.97. The molecule has 34 heavy (non-hydrogen) atoms. The second-order valence-corrected chi connectivity index (χ2v) is 10.2. The van der Waals surface area contributed by atoms with Crippen LogP contribution in [0.3, 0.4) is 0 Å². The summed E-state index contributed by atoms with van der Waals surface area (Å²) in [4.78, 5) is 17.2. The quantitative estimate of drug-likeness (QED) is 0.429. The zero-order valence-corrected chi connectivity index (χ0v) is 20.5. The Bertz CT molecular complexity index is 1170. The van der Waals surface area contributed by atoms with Gasteiger partial charge in [-0.1, -0.05) is 91.9 Å². The number of benzene rings is 2. The first kappa shape index (κ1) is 22.8. The molecule has 2 heterocycles. The van der Waals surface area contributed by atoms with Gasteiger partial charge >= 0.3 is 0 Å². The smallest absolute Gasteiger partial charge is 0.264 e. The minimum Gasteiger partial charge on any atom is -0.332 e. The maximum atomic E-state index is 14.2. The summed E-state index contributed by atoms with van der Waals surface area (Å²) in [6, 6.07) is 21.2. The molecule has 0 bridgehead atoms. The number of rotatable bonds is 5. The fourth-order valence-corrected chi connectivity index (χ4v) is 6.27. The highest BCUT2D eigenvalue weighted by molar-refractivity contribution is 7.12. The van der Waals surface area contributed by atoms with Crippen molar-refractivity contribution in [1.29, 1.82) is 0 Å². The third kappa shape index (κ3) is 4.79. The standard InChI is InChI=1S/C30H32N2OS.H2/c1-22-11-5-2-10-16-26(22)28-27(24-14-8-4-9-15-24)21-34-29(28)30(33)32-18-17-31-20-25(32)19-23-12-6-3-7-13-23;/h3-16,21-22,25-26,31H,2,17-20H2,1H3;1H/t22?,25-,26?;/m1./s1. The van der Waals surface area contributed by atoms with Crippen LogP contribution in [-0.2, 0) is 6.42 Å². The minimum atomic E-state index is 0. The molecule has 2 aromatic carbocycles. The molecule has 1 aromatic heterocycles. The summed E-state index contributed by atoms with van der Waals surface area (Å²) < 4.78 is 0. The lowest BCUT2D eigenvalue weighted by atomic mass is 9.83. The van der Waals surface area contributed by atoms with Crippen LogP contribution in [0.2, 0.25) is 0 Å². The molecule has 1 N–H and O–H groups in total. The lowest BCUT2D eigenvalue weighted by Crippen LogP contribution is -2.54. The number of hydrogen-bond donors (Lipinski definition) is 1. The van der Waals surface area contributed by atoms with Crippen LogP contribution in [0.5, 0.6) is 0 Å². The number of nitrogens with one attached hydrogen (secondary N) is 1. The van der Waals surface area contributed by atoms with Gasteiger partial charge < -0.3 is 10.2 Å². The first-order chi connectivity index (χ1) is 16.7. The van der Waals surface area contributed by atoms with Gasteiger partial charge in [-0.2, -0.15) is 0 Å². The molecule has 2 unspecified atom stereocenters. The number of nitrogens with zero attached hydrogens (tertiary/aromatic N) is 1. The Morgan fingerprint density at radius 1 is 1.06 bits per heavy atom. The topological polar surface area (TPSA) is 32.3 Å². The molecular weight excluding hydrogens is 436 g/mol. The van der Waals surface area contributed by atoms with Gasteiger partial charge in [-0.25, -0.2) is 0 Å². The Labute approximate surface area is 208 Å². The highest BCUT2D eigenvalue weighted by Crippen LogP contribution is 2.42. The van der Waals surface area contributed by atoms with Crippen LogP contribution >= 0.6 is 11.3 Å². The summed E-state index contributed by atoms with van der Waals surface area (Å²) in [6.45, 7) is 4.67. The molecule has 5 rings (SSSR count). The van der Waals surface area contributed by atoms with Gasteiger partial charge in [-0.05, 0) is 46.4 Å². The molecule has 0 radical (unpaired) electrons. The van der Waals surface area contributed by atoms with E-state index in [0.29, 0.717) is 5.92 Å². The van der Waals surface area contributed by atoms with E-state index in [4.69, 9.17) is 0 Å². The van der Waals surface area contributed by atoms with Crippen LogP contribution < -0.4 is 5.32 Å². The average Bonchev–Trinajstić information content (AvgIpc) is 3.20. The molecule has 4 heteroatoms. The van der Waals surface area contributed by atoms with E-state index in [9.17, 15) is 4.79 Å². The van der Waals surface area contributed by atoms with E-state index in [2.05, 4.69) is 95.4 Å². The molecule has 0 saturated carbocycles. The van der Waals surface area contributed by atoms with Crippen molar-refractivity contribution >= 4 is 17.2 Å². The number of thiophene rings is 1. The Kier molecular flexibility index (Phi) is 7.08. The number of carbonyl (C=O) groups is 1. The lowest BCUT2D eigenvalue weighted by molar-refractivity contribution is 0.0639. The summed E-state index contributed by atoms with van der Waals surface area (Å²) in [7, 11) is 0. The van der Waals surface area contributed by atoms with Crippen molar-refractivity contribution in [3.8, 4) is 11.1 Å². The van der Waals surface area contributed by atoms with Crippen LogP contribution in [0.4, 0.5) is 0 Å². The SMILES string of the molecule is CC1C=CCC=CC1c1c(-c2ccccc2)csc1C(=O)N1CCNC[C@H]1Cc1ccccc1.[HH]. The first-order valence-electron chi connectivity index (χ1n) is 12.3. The van der Waals surface area contributed by atoms with E-state index in [1.54, 1.807) is 11.3 Å². The Balaban J connectivity index is 0.00000289. The first-order valence-corrected chi connectivity index (χ1v) is 13.2. The van der Waals surface area contributed by atoms with Gasteiger partial charge in [-0.3, -0.25) is 4.79 Å². The van der Waals surface area contributed by atoms with Gasteiger partial charge in [0.15, 0.2) is 0 Å². The summed E-state index contributed by atoms with van der Waals surface area (Å²) in [5, 5.41) is 5.70. The maximum Gasteiger partial charge on any atom is 0.264 e. The maximum absolute atomic E-state index is 14.2. The lowest BCUT2D eigenvalue weighted by Gasteiger charge is -2.36. The molecular formula is C30H34N2OS. The molecule has 3 atom stereocenters. The minimum absolute atomic E-state index is 0. The summed E-state index contributed by atoms with van der Waals surface area (Å²) in [5.74, 6) is 0.707.